The third-order valence-corrected chi connectivity index (χ3v) is 6.22. The number of carbonyl (C=O) groups is 1. The van der Waals surface area contributed by atoms with Crippen LogP contribution in [0.5, 0.6) is 0 Å². The second-order valence-corrected chi connectivity index (χ2v) is 9.27. The molecule has 0 spiro atoms. The van der Waals surface area contributed by atoms with Crippen molar-refractivity contribution >= 4 is 34.7 Å². The Labute approximate surface area is 211 Å². The second kappa shape index (κ2) is 10.5. The van der Waals surface area contributed by atoms with E-state index < -0.39 is 23.4 Å². The maximum Gasteiger partial charge on any atom is 0.450 e. The lowest BCUT2D eigenvalue weighted by molar-refractivity contribution is -0.153. The minimum Gasteiger partial charge on any atom is -0.451 e. The minimum atomic E-state index is -4.82. The number of alkyl halides is 3. The van der Waals surface area contributed by atoms with Crippen LogP contribution in [0.4, 0.5) is 13.2 Å². The highest BCUT2D eigenvalue weighted by Gasteiger charge is 2.40. The molecular weight excluding hydrogens is 500 g/mol. The molecule has 0 bridgehead atoms. The van der Waals surface area contributed by atoms with E-state index >= 15 is 0 Å². The molecular formula is C26H23Cl2F3N2O2. The molecule has 0 aliphatic carbocycles. The first-order chi connectivity index (χ1) is 16.6. The van der Waals surface area contributed by atoms with Crippen molar-refractivity contribution in [3.63, 3.8) is 0 Å². The highest BCUT2D eigenvalue weighted by atomic mass is 35.5. The molecule has 4 nitrogen and oxygen atoms in total. The van der Waals surface area contributed by atoms with Gasteiger partial charge in [0.05, 0.1) is 5.56 Å². The van der Waals surface area contributed by atoms with E-state index in [1.165, 1.54) is 24.3 Å². The fraction of sp³-hybridized carbons (Fsp3) is 0.269. The summed E-state index contributed by atoms with van der Waals surface area (Å²) in [6.45, 7) is 3.06. The van der Waals surface area contributed by atoms with E-state index in [1.807, 2.05) is 19.1 Å². The molecule has 1 fully saturated rings. The molecule has 1 aromatic heterocycles. The Morgan fingerprint density at radius 3 is 2.46 bits per heavy atom. The molecule has 1 atom stereocenters. The molecule has 0 radical (unpaired) electrons. The predicted molar refractivity (Wildman–Crippen MR) is 132 cm³/mol. The van der Waals surface area contributed by atoms with E-state index in [-0.39, 0.29) is 12.3 Å². The maximum absolute atomic E-state index is 13.6. The van der Waals surface area contributed by atoms with Crippen molar-refractivity contribution in [2.24, 2.45) is 0 Å². The zero-order valence-electron chi connectivity index (χ0n) is 18.8. The summed E-state index contributed by atoms with van der Waals surface area (Å²) in [6.07, 6.45) is -1.48. The lowest BCUT2D eigenvalue weighted by Crippen LogP contribution is -2.26. The SMILES string of the molecule is Cc1ccc(Cl)cc1/C(=C\CC1CN1)CCNC(=O)c1cc(-c2ccc(Cl)cc2)oc1C(F)(F)F. The van der Waals surface area contributed by atoms with Gasteiger partial charge in [-0.05, 0) is 78.9 Å². The van der Waals surface area contributed by atoms with Gasteiger partial charge in [-0.2, -0.15) is 13.2 Å². The smallest absolute Gasteiger partial charge is 0.450 e. The van der Waals surface area contributed by atoms with Crippen molar-refractivity contribution in [1.29, 1.82) is 0 Å². The van der Waals surface area contributed by atoms with Crippen molar-refractivity contribution in [1.82, 2.24) is 10.6 Å². The number of furan rings is 1. The first kappa shape index (κ1) is 25.4. The van der Waals surface area contributed by atoms with Gasteiger partial charge in [0.15, 0.2) is 0 Å². The lowest BCUT2D eigenvalue weighted by Gasteiger charge is -2.13. The Bertz CT molecular complexity index is 1250. The number of amides is 1. The number of hydrogen-bond acceptors (Lipinski definition) is 3. The summed E-state index contributed by atoms with van der Waals surface area (Å²) in [5.41, 5.74) is 2.78. The number of carbonyl (C=O) groups excluding carboxylic acids is 1. The fourth-order valence-electron chi connectivity index (χ4n) is 3.75. The summed E-state index contributed by atoms with van der Waals surface area (Å²) >= 11 is 12.0. The molecule has 3 aromatic rings. The standard InChI is InChI=1S/C26H23Cl2F3N2O2/c1-15-2-6-19(28)12-21(15)16(5-9-20-14-33-20)10-11-32-25(34)22-13-23(35-24(22)26(29,30)31)17-3-7-18(27)8-4-17/h2-8,12-13,20,33H,9-11,14H2,1H3,(H,32,34)/b16-5-. The van der Waals surface area contributed by atoms with Crippen LogP contribution < -0.4 is 10.6 Å². The predicted octanol–water partition coefficient (Wildman–Crippen LogP) is 7.15. The summed E-state index contributed by atoms with van der Waals surface area (Å²) in [5.74, 6) is -2.25. The number of aryl methyl sites for hydroxylation is 1. The van der Waals surface area contributed by atoms with Crippen molar-refractivity contribution in [2.45, 2.75) is 32.0 Å². The van der Waals surface area contributed by atoms with Crippen LogP contribution in [-0.2, 0) is 6.18 Å². The zero-order valence-corrected chi connectivity index (χ0v) is 20.3. The molecule has 1 unspecified atom stereocenters. The Hall–Kier alpha value is -2.74. The van der Waals surface area contributed by atoms with Gasteiger partial charge in [0.1, 0.15) is 5.76 Å². The molecule has 2 aromatic carbocycles. The van der Waals surface area contributed by atoms with E-state index in [0.29, 0.717) is 28.1 Å². The Kier molecular flexibility index (Phi) is 7.59. The molecule has 2 heterocycles. The van der Waals surface area contributed by atoms with Crippen molar-refractivity contribution in [3.8, 4) is 11.3 Å². The molecule has 0 saturated carbocycles. The highest BCUT2D eigenvalue weighted by molar-refractivity contribution is 6.31. The monoisotopic (exact) mass is 522 g/mol. The number of hydrogen-bond donors (Lipinski definition) is 2. The van der Waals surface area contributed by atoms with Crippen molar-refractivity contribution in [2.75, 3.05) is 13.1 Å². The lowest BCUT2D eigenvalue weighted by atomic mass is 9.96. The first-order valence-corrected chi connectivity index (χ1v) is 11.8. The van der Waals surface area contributed by atoms with Crippen LogP contribution in [0.1, 0.15) is 40.1 Å². The van der Waals surface area contributed by atoms with Gasteiger partial charge in [0.25, 0.3) is 5.91 Å². The average molecular weight is 523 g/mol. The maximum atomic E-state index is 13.6. The minimum absolute atomic E-state index is 0.0637. The van der Waals surface area contributed by atoms with Gasteiger partial charge in [0, 0.05) is 34.7 Å². The quantitative estimate of drug-likeness (QED) is 0.309. The van der Waals surface area contributed by atoms with Crippen molar-refractivity contribution < 1.29 is 22.4 Å². The van der Waals surface area contributed by atoms with E-state index in [4.69, 9.17) is 27.6 Å². The molecule has 9 heteroatoms. The molecule has 1 aliphatic rings. The summed E-state index contributed by atoms with van der Waals surface area (Å²) in [5, 5.41) is 6.88. The largest absolute Gasteiger partial charge is 0.451 e. The number of halogens is 5. The Morgan fingerprint density at radius 1 is 1.11 bits per heavy atom. The van der Waals surface area contributed by atoms with E-state index in [2.05, 4.69) is 16.7 Å². The van der Waals surface area contributed by atoms with Crippen molar-refractivity contribution in [3.05, 3.63) is 87.1 Å². The summed E-state index contributed by atoms with van der Waals surface area (Å²) in [6, 6.07) is 13.2. The zero-order chi connectivity index (χ0) is 25.2. The van der Waals surface area contributed by atoms with E-state index in [9.17, 15) is 18.0 Å². The van der Waals surface area contributed by atoms with E-state index in [0.717, 1.165) is 35.7 Å². The average Bonchev–Trinajstić information content (AvgIpc) is 3.52. The number of rotatable bonds is 8. The van der Waals surface area contributed by atoms with Crippen LogP contribution in [-0.4, -0.2) is 25.0 Å². The van der Waals surface area contributed by atoms with Gasteiger partial charge in [-0.15, -0.1) is 0 Å². The number of nitrogens with one attached hydrogen (secondary N) is 2. The molecule has 2 N–H and O–H groups in total. The number of benzene rings is 2. The summed E-state index contributed by atoms with van der Waals surface area (Å²) in [7, 11) is 0. The second-order valence-electron chi connectivity index (χ2n) is 8.39. The molecule has 1 amide bonds. The first-order valence-electron chi connectivity index (χ1n) is 11.1. The third kappa shape index (κ3) is 6.48. The Morgan fingerprint density at radius 2 is 1.80 bits per heavy atom. The topological polar surface area (TPSA) is 64.2 Å². The van der Waals surface area contributed by atoms with Crippen LogP contribution >= 0.6 is 23.2 Å². The summed E-state index contributed by atoms with van der Waals surface area (Å²) < 4.78 is 45.9. The fourth-order valence-corrected chi connectivity index (χ4v) is 4.05. The normalized spacial score (nSPS) is 15.8. The van der Waals surface area contributed by atoms with Crippen LogP contribution in [0.2, 0.25) is 10.0 Å². The van der Waals surface area contributed by atoms with Gasteiger partial charge < -0.3 is 15.1 Å². The summed E-state index contributed by atoms with van der Waals surface area (Å²) in [4.78, 5) is 12.8. The molecule has 184 valence electrons. The van der Waals surface area contributed by atoms with Gasteiger partial charge in [-0.25, -0.2) is 0 Å². The van der Waals surface area contributed by atoms with Crippen LogP contribution in [0.15, 0.2) is 59.0 Å². The molecule has 1 aliphatic heterocycles. The highest BCUT2D eigenvalue weighted by Crippen LogP contribution is 2.37. The van der Waals surface area contributed by atoms with Gasteiger partial charge in [0.2, 0.25) is 5.76 Å². The van der Waals surface area contributed by atoms with Crippen LogP contribution in [0.25, 0.3) is 16.9 Å². The van der Waals surface area contributed by atoms with E-state index in [1.54, 1.807) is 6.07 Å². The van der Waals surface area contributed by atoms with Gasteiger partial charge in [-0.3, -0.25) is 4.79 Å². The molecule has 35 heavy (non-hydrogen) atoms. The van der Waals surface area contributed by atoms with Gasteiger partial charge in [-0.1, -0.05) is 35.3 Å². The van der Waals surface area contributed by atoms with Crippen LogP contribution in [0, 0.1) is 6.92 Å². The van der Waals surface area contributed by atoms with Crippen LogP contribution in [0.3, 0.4) is 0 Å². The third-order valence-electron chi connectivity index (χ3n) is 5.73. The molecule has 4 rings (SSSR count). The Balaban J connectivity index is 1.52. The molecule has 1 saturated heterocycles. The van der Waals surface area contributed by atoms with Gasteiger partial charge >= 0.3 is 6.18 Å².